The first kappa shape index (κ1) is 13.3. The zero-order chi connectivity index (χ0) is 14.0. The highest BCUT2D eigenvalue weighted by Gasteiger charge is 2.15. The number of halogens is 1. The molecule has 2 rings (SSSR count). The van der Waals surface area contributed by atoms with Crippen molar-refractivity contribution in [1.29, 1.82) is 0 Å². The van der Waals surface area contributed by atoms with Gasteiger partial charge in [0.1, 0.15) is 0 Å². The summed E-state index contributed by atoms with van der Waals surface area (Å²) >= 11 is 6.05. The number of nitrogens with zero attached hydrogens (tertiary/aromatic N) is 1. The summed E-state index contributed by atoms with van der Waals surface area (Å²) in [6.45, 7) is 1.72. The molecule has 1 amide bonds. The molecular weight excluding hydrogens is 268 g/mol. The number of carbonyl (C=O) groups is 2. The van der Waals surface area contributed by atoms with Crippen molar-refractivity contribution < 1.29 is 14.7 Å². The first-order chi connectivity index (χ1) is 9.04. The van der Waals surface area contributed by atoms with Gasteiger partial charge in [-0.2, -0.15) is 0 Å². The van der Waals surface area contributed by atoms with Crippen LogP contribution < -0.4 is 5.32 Å². The van der Waals surface area contributed by atoms with Crippen LogP contribution in [0.25, 0.3) is 10.8 Å². The molecule has 19 heavy (non-hydrogen) atoms. The lowest BCUT2D eigenvalue weighted by Gasteiger charge is -2.11. The molecule has 98 valence electrons. The molecule has 6 heteroatoms. The first-order valence-electron chi connectivity index (χ1n) is 5.65. The minimum absolute atomic E-state index is 0.0684. The van der Waals surface area contributed by atoms with Gasteiger partial charge in [-0.3, -0.25) is 4.79 Å². The van der Waals surface area contributed by atoms with Crippen LogP contribution in [0.15, 0.2) is 24.4 Å². The van der Waals surface area contributed by atoms with Crippen LogP contribution in [0.4, 0.5) is 5.69 Å². The van der Waals surface area contributed by atoms with E-state index >= 15 is 0 Å². The number of amides is 1. The normalized spacial score (nSPS) is 10.4. The summed E-state index contributed by atoms with van der Waals surface area (Å²) in [6, 6.07) is 4.75. The molecule has 0 aliphatic heterocycles. The van der Waals surface area contributed by atoms with Crippen LogP contribution in [-0.4, -0.2) is 22.0 Å². The zero-order valence-corrected chi connectivity index (χ0v) is 10.9. The smallest absolute Gasteiger partial charge is 0.355 e. The van der Waals surface area contributed by atoms with E-state index < -0.39 is 5.97 Å². The Morgan fingerprint density at radius 1 is 1.32 bits per heavy atom. The molecule has 0 atom stereocenters. The number of aromatic carboxylic acids is 1. The van der Waals surface area contributed by atoms with E-state index in [2.05, 4.69) is 10.3 Å². The second-order valence-electron chi connectivity index (χ2n) is 3.88. The minimum atomic E-state index is -1.12. The highest BCUT2D eigenvalue weighted by Crippen LogP contribution is 2.32. The number of rotatable bonds is 3. The number of nitrogens with one attached hydrogen (secondary N) is 1. The molecule has 0 bridgehead atoms. The lowest BCUT2D eigenvalue weighted by molar-refractivity contribution is -0.115. The second-order valence-corrected chi connectivity index (χ2v) is 4.29. The van der Waals surface area contributed by atoms with Gasteiger partial charge in [0.15, 0.2) is 5.69 Å². The number of carbonyl (C=O) groups excluding carboxylic acids is 1. The van der Waals surface area contributed by atoms with Gasteiger partial charge in [0.2, 0.25) is 5.91 Å². The molecular formula is C13H11ClN2O3. The lowest BCUT2D eigenvalue weighted by atomic mass is 10.1. The molecule has 0 spiro atoms. The van der Waals surface area contributed by atoms with Crippen molar-refractivity contribution in [3.8, 4) is 0 Å². The number of fused-ring (bicyclic) bond motifs is 1. The Morgan fingerprint density at radius 3 is 2.68 bits per heavy atom. The molecule has 2 aromatic rings. The molecule has 0 aliphatic carbocycles. The molecule has 1 heterocycles. The Hall–Kier alpha value is -2.14. The summed E-state index contributed by atoms with van der Waals surface area (Å²) in [5.41, 5.74) is 0.345. The van der Waals surface area contributed by atoms with Crippen molar-refractivity contribution in [2.45, 2.75) is 13.3 Å². The van der Waals surface area contributed by atoms with E-state index in [9.17, 15) is 9.59 Å². The molecule has 0 fully saturated rings. The quantitative estimate of drug-likeness (QED) is 0.905. The van der Waals surface area contributed by atoms with Gasteiger partial charge in [-0.15, -0.1) is 0 Å². The van der Waals surface area contributed by atoms with E-state index in [0.717, 1.165) is 0 Å². The largest absolute Gasteiger partial charge is 0.476 e. The highest BCUT2D eigenvalue weighted by atomic mass is 35.5. The number of hydrogen-bond acceptors (Lipinski definition) is 3. The van der Waals surface area contributed by atoms with Crippen LogP contribution >= 0.6 is 11.6 Å². The third-order valence-electron chi connectivity index (χ3n) is 2.68. The van der Waals surface area contributed by atoms with Crippen LogP contribution in [0.5, 0.6) is 0 Å². The number of anilines is 1. The summed E-state index contributed by atoms with van der Waals surface area (Å²) in [7, 11) is 0. The number of benzene rings is 1. The van der Waals surface area contributed by atoms with Crippen LogP contribution in [0.1, 0.15) is 23.8 Å². The van der Waals surface area contributed by atoms with Gasteiger partial charge in [-0.25, -0.2) is 9.78 Å². The number of carboxylic acids is 1. The van der Waals surface area contributed by atoms with E-state index in [-0.39, 0.29) is 11.6 Å². The maximum Gasteiger partial charge on any atom is 0.355 e. The summed E-state index contributed by atoms with van der Waals surface area (Å²) in [5.74, 6) is -1.32. The Balaban J connectivity index is 2.69. The van der Waals surface area contributed by atoms with Gasteiger partial charge >= 0.3 is 5.97 Å². The summed E-state index contributed by atoms with van der Waals surface area (Å²) in [6.07, 6.45) is 1.69. The molecule has 0 aliphatic rings. The van der Waals surface area contributed by atoms with Gasteiger partial charge in [0.05, 0.1) is 10.7 Å². The average Bonchev–Trinajstić information content (AvgIpc) is 2.40. The van der Waals surface area contributed by atoms with E-state index in [0.29, 0.717) is 27.9 Å². The predicted molar refractivity (Wildman–Crippen MR) is 72.6 cm³/mol. The Bertz CT molecular complexity index is 670. The van der Waals surface area contributed by atoms with Gasteiger partial charge in [-0.05, 0) is 12.1 Å². The molecule has 1 aromatic carbocycles. The molecule has 0 unspecified atom stereocenters. The summed E-state index contributed by atoms with van der Waals surface area (Å²) in [4.78, 5) is 26.4. The molecule has 2 N–H and O–H groups in total. The van der Waals surface area contributed by atoms with Gasteiger partial charge in [0, 0.05) is 23.4 Å². The van der Waals surface area contributed by atoms with Crippen molar-refractivity contribution in [3.63, 3.8) is 0 Å². The van der Waals surface area contributed by atoms with E-state index in [1.165, 1.54) is 6.20 Å². The van der Waals surface area contributed by atoms with Gasteiger partial charge in [0.25, 0.3) is 0 Å². The fourth-order valence-electron chi connectivity index (χ4n) is 1.75. The predicted octanol–water partition coefficient (Wildman–Crippen LogP) is 2.93. The third kappa shape index (κ3) is 2.51. The topological polar surface area (TPSA) is 79.3 Å². The van der Waals surface area contributed by atoms with Gasteiger partial charge in [-0.1, -0.05) is 24.6 Å². The van der Waals surface area contributed by atoms with Crippen molar-refractivity contribution in [1.82, 2.24) is 4.98 Å². The first-order valence-corrected chi connectivity index (χ1v) is 6.02. The SMILES string of the molecule is CCC(=O)Nc1c(Cl)ccc2c(C(=O)O)nccc12. The van der Waals surface area contributed by atoms with Crippen LogP contribution in [-0.2, 0) is 4.79 Å². The Kier molecular flexibility index (Phi) is 3.66. The monoisotopic (exact) mass is 278 g/mol. The lowest BCUT2D eigenvalue weighted by Crippen LogP contribution is -2.11. The highest BCUT2D eigenvalue weighted by molar-refractivity contribution is 6.35. The Morgan fingerprint density at radius 2 is 2.05 bits per heavy atom. The maximum absolute atomic E-state index is 11.5. The molecule has 1 aromatic heterocycles. The molecule has 0 radical (unpaired) electrons. The summed E-state index contributed by atoms with van der Waals surface area (Å²) in [5, 5.41) is 13.1. The second kappa shape index (κ2) is 5.24. The zero-order valence-electron chi connectivity index (χ0n) is 10.1. The van der Waals surface area contributed by atoms with Crippen molar-refractivity contribution in [2.75, 3.05) is 5.32 Å². The fraction of sp³-hybridized carbons (Fsp3) is 0.154. The number of aromatic nitrogens is 1. The number of carboxylic acid groups (broad SMARTS) is 1. The van der Waals surface area contributed by atoms with E-state index in [1.807, 2.05) is 0 Å². The van der Waals surface area contributed by atoms with Crippen molar-refractivity contribution in [3.05, 3.63) is 35.1 Å². The number of hydrogen-bond donors (Lipinski definition) is 2. The van der Waals surface area contributed by atoms with Crippen LogP contribution in [0, 0.1) is 0 Å². The van der Waals surface area contributed by atoms with E-state index in [1.54, 1.807) is 25.1 Å². The van der Waals surface area contributed by atoms with Crippen LogP contribution in [0.2, 0.25) is 5.02 Å². The third-order valence-corrected chi connectivity index (χ3v) is 3.00. The minimum Gasteiger partial charge on any atom is -0.476 e. The Labute approximate surface area is 114 Å². The standard InChI is InChI=1S/C13H11ClN2O3/c1-2-10(17)16-11-8-5-6-15-12(13(18)19)7(8)3-4-9(11)14/h3-6H,2H2,1H3,(H,16,17)(H,18,19). The molecule has 0 saturated heterocycles. The molecule has 0 saturated carbocycles. The molecule has 5 nitrogen and oxygen atoms in total. The van der Waals surface area contributed by atoms with E-state index in [4.69, 9.17) is 16.7 Å². The maximum atomic E-state index is 11.5. The van der Waals surface area contributed by atoms with Crippen LogP contribution in [0.3, 0.4) is 0 Å². The van der Waals surface area contributed by atoms with Crippen molar-refractivity contribution in [2.24, 2.45) is 0 Å². The van der Waals surface area contributed by atoms with Gasteiger partial charge < -0.3 is 10.4 Å². The average molecular weight is 279 g/mol. The summed E-state index contributed by atoms with van der Waals surface area (Å²) < 4.78 is 0. The van der Waals surface area contributed by atoms with Crippen molar-refractivity contribution >= 4 is 39.9 Å². The fourth-order valence-corrected chi connectivity index (χ4v) is 1.97. The number of pyridine rings is 1.